The number of esters is 1. The van der Waals surface area contributed by atoms with E-state index in [0.29, 0.717) is 93.9 Å². The molecule has 17 aromatic rings. The topological polar surface area (TPSA) is 446 Å². The van der Waals surface area contributed by atoms with Crippen molar-refractivity contribution in [3.05, 3.63) is 384 Å². The second-order valence-electron chi connectivity index (χ2n) is 29.1. The number of carboxylic acid groups (broad SMARTS) is 1. The monoisotopic (exact) mass is 1860 g/mol. The molecule has 0 aliphatic heterocycles. The van der Waals surface area contributed by atoms with Crippen LogP contribution < -0.4 is 70.1 Å². The highest BCUT2D eigenvalue weighted by atomic mass is 79.9. The molecule has 0 atom stereocenters. The summed E-state index contributed by atoms with van der Waals surface area (Å²) < 4.78 is 14.6. The lowest BCUT2D eigenvalue weighted by molar-refractivity contribution is 0.0516. The number of pyridine rings is 8. The van der Waals surface area contributed by atoms with Gasteiger partial charge < -0.3 is 62.7 Å². The van der Waals surface area contributed by atoms with Crippen LogP contribution in [0.15, 0.2) is 322 Å². The second kappa shape index (κ2) is 48.1. The van der Waals surface area contributed by atoms with E-state index in [2.05, 4.69) is 106 Å². The number of aromatic nitrogens is 17. The molecule has 0 radical (unpaired) electrons. The van der Waals surface area contributed by atoms with Gasteiger partial charge in [-0.05, 0) is 169 Å². The minimum atomic E-state index is -1.16. The number of rotatable bonds is 22. The fraction of sp³-hybridized carbons (Fsp3) is 0.168. The number of benzene rings is 3. The number of carboxylic acids is 1. The average molecular weight is 1860 g/mol. The van der Waals surface area contributed by atoms with Crippen LogP contribution in [0.4, 0.5) is 51.4 Å². The molecule has 0 unspecified atom stereocenters. The van der Waals surface area contributed by atoms with Gasteiger partial charge >= 0.3 is 11.9 Å². The molecule has 18 rings (SSSR count). The zero-order valence-corrected chi connectivity index (χ0v) is 75.6. The molecule has 14 heterocycles. The van der Waals surface area contributed by atoms with Gasteiger partial charge in [0, 0.05) is 122 Å². The first-order chi connectivity index (χ1) is 63.9. The first-order valence-corrected chi connectivity index (χ1v) is 42.7. The van der Waals surface area contributed by atoms with Gasteiger partial charge in [-0.25, -0.2) is 58.0 Å². The molecule has 0 bridgehead atoms. The van der Waals surface area contributed by atoms with Crippen molar-refractivity contribution >= 4 is 114 Å². The number of ketones is 1. The highest BCUT2D eigenvalue weighted by Crippen LogP contribution is 2.30. The normalized spacial score (nSPS) is 10.9. The van der Waals surface area contributed by atoms with E-state index in [1.54, 1.807) is 166 Å². The maximum atomic E-state index is 13.2. The van der Waals surface area contributed by atoms with E-state index >= 15 is 0 Å². The van der Waals surface area contributed by atoms with Crippen LogP contribution in [-0.2, 0) is 24.4 Å². The Morgan fingerprint density at radius 3 is 1.25 bits per heavy atom. The third-order valence-electron chi connectivity index (χ3n) is 19.1. The number of hydrogen-bond donors (Lipinski definition) is 8. The van der Waals surface area contributed by atoms with Crippen LogP contribution in [0.5, 0.6) is 0 Å². The summed E-state index contributed by atoms with van der Waals surface area (Å²) >= 11 is 9.31. The molecule has 132 heavy (non-hydrogen) atoms. The van der Waals surface area contributed by atoms with Gasteiger partial charge in [0.1, 0.15) is 39.1 Å². The quantitative estimate of drug-likeness (QED) is 0.0177. The van der Waals surface area contributed by atoms with E-state index in [-0.39, 0.29) is 63.1 Å². The van der Waals surface area contributed by atoms with E-state index in [0.717, 1.165) is 33.6 Å². The summed E-state index contributed by atoms with van der Waals surface area (Å²) in [7, 11) is 7.74. The van der Waals surface area contributed by atoms with Crippen LogP contribution >= 0.6 is 27.5 Å². The first-order valence-electron chi connectivity index (χ1n) is 41.5. The molecule has 37 heteroatoms. The average Bonchev–Trinajstić information content (AvgIpc) is 1.59. The molecular formula is C95H98BrClN26O9. The van der Waals surface area contributed by atoms with Gasteiger partial charge in [-0.3, -0.25) is 37.7 Å². The number of ether oxygens (including phenoxy) is 1. The summed E-state index contributed by atoms with van der Waals surface area (Å²) in [5, 5.41) is 32.3. The van der Waals surface area contributed by atoms with Crippen molar-refractivity contribution in [2.75, 3.05) is 78.1 Å². The minimum absolute atomic E-state index is 0.0861. The molecule has 1 saturated carbocycles. The van der Waals surface area contributed by atoms with Crippen molar-refractivity contribution in [2.45, 2.75) is 65.7 Å². The van der Waals surface area contributed by atoms with Gasteiger partial charge in [0.05, 0.1) is 53.6 Å². The fourth-order valence-corrected chi connectivity index (χ4v) is 12.9. The van der Waals surface area contributed by atoms with Crippen molar-refractivity contribution in [3.8, 4) is 17.5 Å². The maximum Gasteiger partial charge on any atom is 0.358 e. The molecule has 1 aliphatic carbocycles. The third-order valence-corrected chi connectivity index (χ3v) is 19.7. The van der Waals surface area contributed by atoms with Crippen LogP contribution in [0, 0.1) is 0 Å². The van der Waals surface area contributed by atoms with E-state index in [4.69, 9.17) is 33.5 Å². The number of aromatic amines is 1. The van der Waals surface area contributed by atoms with Gasteiger partial charge in [-0.15, -0.1) is 10.2 Å². The number of nitrogen functional groups attached to an aromatic ring is 2. The number of nitrogens with zero attached hydrogens (tertiary/aromatic N) is 19. The largest absolute Gasteiger partial charge is 0.476 e. The number of carbonyl (C=O) groups excluding carboxylic acids is 2. The number of anilines is 9. The molecule has 0 amide bonds. The number of hydrogen-bond acceptors (Lipinski definition) is 27. The van der Waals surface area contributed by atoms with Crippen molar-refractivity contribution < 1.29 is 24.2 Å². The van der Waals surface area contributed by atoms with Crippen LogP contribution in [0.1, 0.15) is 88.2 Å². The van der Waals surface area contributed by atoms with Crippen molar-refractivity contribution in [2.24, 2.45) is 5.73 Å². The smallest absolute Gasteiger partial charge is 0.358 e. The lowest BCUT2D eigenvalue weighted by Crippen LogP contribution is -2.22. The first kappa shape index (κ1) is 96.5. The van der Waals surface area contributed by atoms with Gasteiger partial charge in [0.15, 0.2) is 50.9 Å². The lowest BCUT2D eigenvalue weighted by Gasteiger charge is -2.21. The Bertz CT molecular complexity index is 6880. The fourth-order valence-electron chi connectivity index (χ4n) is 12.5. The van der Waals surface area contributed by atoms with Crippen LogP contribution in [0.25, 0.3) is 34.4 Å². The standard InChI is InChI=1S/C27H25N7O3.C25H21N7O3.C16H15ClN4O.C10H9N3O.C5H4BrN.C5H6N2O.C4H11N.C3H7N/c1-3-37-27(36)22-17-29-25-21(32(2)18-19-10-5-4-6-11-19)16-23(31-34(22)25)30-20-12-9-15-33(26(20)35)24-13-7-8-14-28-24;1-30(16-17-8-3-2-4-9-17)19-14-21(29-32-20(25(34)35)15-27-23(19)32)28-18-10-7-13-31(24(18)33)22-11-5-6-12-26-22;1-11(22)14-9-18-16-13(8-15(17)19-21(14)16)20(2)10-12-6-4-3-5-7-12;11-8-4-3-7-13(10(8)14)9-5-1-2-6-12-9;6-5-3-1-2-4-7-5;6-4-2-1-3-7-5(4)8;1-3-4-5-2;4-3-1-2-3/h4-17H,3,18H2,1-2H3,(H,30,31);2-15H,16H2,1H3,(H,28,29)(H,34,35);3-9H,10H2,1-2H3;1-7H,11H2;1-4H;1-3H,6H2,(H,7,8);5H,3-4H2,1-2H3;3H,1-2,4H2. The van der Waals surface area contributed by atoms with Crippen LogP contribution in [-0.4, -0.2) is 153 Å². The number of H-pyrrole nitrogens is 1. The number of carbonyl (C=O) groups is 3. The molecule has 0 spiro atoms. The summed E-state index contributed by atoms with van der Waals surface area (Å²) in [6.07, 6.45) is 21.1. The molecule has 3 aromatic carbocycles. The van der Waals surface area contributed by atoms with Gasteiger partial charge in [-0.1, -0.05) is 134 Å². The second-order valence-corrected chi connectivity index (χ2v) is 30.3. The van der Waals surface area contributed by atoms with Crippen molar-refractivity contribution in [3.63, 3.8) is 0 Å². The zero-order chi connectivity index (χ0) is 94.0. The number of fused-ring (bicyclic) bond motifs is 3. The van der Waals surface area contributed by atoms with Crippen LogP contribution in [0.2, 0.25) is 5.15 Å². The van der Waals surface area contributed by atoms with Crippen molar-refractivity contribution in [1.82, 2.24) is 87.7 Å². The van der Waals surface area contributed by atoms with E-state index in [1.165, 1.54) is 77.6 Å². The van der Waals surface area contributed by atoms with E-state index < -0.39 is 11.9 Å². The predicted octanol–water partition coefficient (Wildman–Crippen LogP) is 13.7. The Kier molecular flexibility index (Phi) is 35.2. The third kappa shape index (κ3) is 27.0. The number of nitrogens with one attached hydrogen (secondary N) is 4. The Balaban J connectivity index is 0.000000161. The van der Waals surface area contributed by atoms with E-state index in [9.17, 15) is 38.7 Å². The number of nitrogens with two attached hydrogens (primary N) is 3. The van der Waals surface area contributed by atoms with Gasteiger partial charge in [-0.2, -0.15) is 5.10 Å². The molecule has 676 valence electrons. The van der Waals surface area contributed by atoms with E-state index in [1.807, 2.05) is 152 Å². The van der Waals surface area contributed by atoms with Gasteiger partial charge in [0.2, 0.25) is 0 Å². The molecule has 11 N–H and O–H groups in total. The van der Waals surface area contributed by atoms with Crippen molar-refractivity contribution in [1.29, 1.82) is 0 Å². The molecule has 14 aromatic heterocycles. The Hall–Kier alpha value is -16.2. The molecule has 0 saturated heterocycles. The SMILES string of the molecule is Brc1ccccn1.CC(=O)c1cnc2c(N(C)Cc3ccccc3)cc(Cl)nn12.CCCNC.CCOC(=O)c1cnc2c(N(C)Cc3ccccc3)cc(Nc3cccn(-c4ccccn4)c3=O)nn12.CN(Cc1ccccc1)c1cc(Nc2cccn(-c3ccccn3)c2=O)nn2c(C(=O)O)cnc12.NC1CC1.Nc1ccc[nH]c1=O.Nc1cccn(-c2ccccn2)c1=O. The Labute approximate surface area is 771 Å². The number of Topliss-reactive ketones (excluding diaryl/α,β-unsaturated/α-hetero) is 1. The van der Waals surface area contributed by atoms with Gasteiger partial charge in [0.25, 0.3) is 22.2 Å². The Morgan fingerprint density at radius 2 is 0.894 bits per heavy atom. The highest BCUT2D eigenvalue weighted by molar-refractivity contribution is 9.10. The summed E-state index contributed by atoms with van der Waals surface area (Å²) in [6.45, 7) is 8.60. The highest BCUT2D eigenvalue weighted by Gasteiger charge is 2.24. The Morgan fingerprint density at radius 1 is 0.500 bits per heavy atom. The molecule has 1 fully saturated rings. The van der Waals surface area contributed by atoms with Crippen LogP contribution in [0.3, 0.4) is 0 Å². The summed E-state index contributed by atoms with van der Waals surface area (Å²) in [5.41, 5.74) is 23.4. The minimum Gasteiger partial charge on any atom is -0.476 e. The summed E-state index contributed by atoms with van der Waals surface area (Å²) in [4.78, 5) is 122. The molecular weight excluding hydrogens is 1760 g/mol. The molecule has 1 aliphatic rings. The summed E-state index contributed by atoms with van der Waals surface area (Å²) in [5.74, 6) is 0.427. The summed E-state index contributed by atoms with van der Waals surface area (Å²) in [6, 6.07) is 70.9. The number of halogens is 2. The number of imidazole rings is 3. The maximum absolute atomic E-state index is 13.2. The number of aromatic carboxylic acids is 1. The zero-order valence-electron chi connectivity index (χ0n) is 73.2. The lowest BCUT2D eigenvalue weighted by atomic mass is 10.2. The molecule has 35 nitrogen and oxygen atoms in total. The predicted molar refractivity (Wildman–Crippen MR) is 518 cm³/mol.